The maximum atomic E-state index is 12.1. The molecule has 8 nitrogen and oxygen atoms in total. The van der Waals surface area contributed by atoms with Gasteiger partial charge in [-0.25, -0.2) is 4.79 Å². The first-order valence-corrected chi connectivity index (χ1v) is 8.22. The zero-order valence-corrected chi connectivity index (χ0v) is 14.2. The Balaban J connectivity index is 1.64. The van der Waals surface area contributed by atoms with Crippen molar-refractivity contribution >= 4 is 23.6 Å². The van der Waals surface area contributed by atoms with Crippen molar-refractivity contribution in [2.45, 2.75) is 19.4 Å². The van der Waals surface area contributed by atoms with Crippen LogP contribution < -0.4 is 10.6 Å². The Hall–Kier alpha value is -2.61. The quantitative estimate of drug-likeness (QED) is 0.747. The molecule has 25 heavy (non-hydrogen) atoms. The van der Waals surface area contributed by atoms with Crippen LogP contribution in [0.4, 0.5) is 10.5 Å². The van der Waals surface area contributed by atoms with E-state index in [4.69, 9.17) is 9.47 Å². The Labute approximate surface area is 146 Å². The summed E-state index contributed by atoms with van der Waals surface area (Å²) in [5, 5.41) is 5.21. The SMILES string of the molecule is CC(OC(=O)CCNC(=O)Nc1ccccc1)C(=O)N1CCOCC1. The minimum absolute atomic E-state index is 0.0110. The Morgan fingerprint density at radius 2 is 1.88 bits per heavy atom. The average molecular weight is 349 g/mol. The predicted octanol–water partition coefficient (Wildman–Crippen LogP) is 0.989. The summed E-state index contributed by atoms with van der Waals surface area (Å²) in [6, 6.07) is 8.56. The van der Waals surface area contributed by atoms with Crippen LogP contribution in [0, 0.1) is 0 Å². The molecule has 0 radical (unpaired) electrons. The number of carbonyl (C=O) groups is 3. The van der Waals surface area contributed by atoms with Gasteiger partial charge in [0.25, 0.3) is 5.91 Å². The fourth-order valence-corrected chi connectivity index (χ4v) is 2.32. The molecule has 1 aliphatic heterocycles. The molecular weight excluding hydrogens is 326 g/mol. The van der Waals surface area contributed by atoms with E-state index in [2.05, 4.69) is 10.6 Å². The molecule has 1 fully saturated rings. The highest BCUT2D eigenvalue weighted by Gasteiger charge is 2.25. The fourth-order valence-electron chi connectivity index (χ4n) is 2.32. The smallest absolute Gasteiger partial charge is 0.319 e. The van der Waals surface area contributed by atoms with Crippen LogP contribution >= 0.6 is 0 Å². The topological polar surface area (TPSA) is 97.0 Å². The van der Waals surface area contributed by atoms with Gasteiger partial charge in [0.15, 0.2) is 6.10 Å². The number of amides is 3. The van der Waals surface area contributed by atoms with Gasteiger partial charge < -0.3 is 25.0 Å². The third-order valence-corrected chi connectivity index (χ3v) is 3.63. The van der Waals surface area contributed by atoms with Crippen LogP contribution in [-0.2, 0) is 19.1 Å². The summed E-state index contributed by atoms with van der Waals surface area (Å²) in [5.41, 5.74) is 0.660. The Bertz CT molecular complexity index is 587. The molecule has 1 heterocycles. The van der Waals surface area contributed by atoms with Gasteiger partial charge in [0.2, 0.25) is 0 Å². The molecule has 0 aliphatic carbocycles. The predicted molar refractivity (Wildman–Crippen MR) is 91.0 cm³/mol. The first kappa shape index (κ1) is 18.7. The number of urea groups is 1. The summed E-state index contributed by atoms with van der Waals surface area (Å²) >= 11 is 0. The van der Waals surface area contributed by atoms with E-state index >= 15 is 0 Å². The Kier molecular flexibility index (Phi) is 7.21. The highest BCUT2D eigenvalue weighted by atomic mass is 16.5. The normalized spacial score (nSPS) is 15.2. The molecule has 1 aromatic carbocycles. The van der Waals surface area contributed by atoms with Crippen molar-refractivity contribution in [3.8, 4) is 0 Å². The van der Waals surface area contributed by atoms with Crippen molar-refractivity contribution in [1.82, 2.24) is 10.2 Å². The van der Waals surface area contributed by atoms with Gasteiger partial charge in [-0.05, 0) is 19.1 Å². The van der Waals surface area contributed by atoms with Crippen LogP contribution in [0.15, 0.2) is 30.3 Å². The summed E-state index contributed by atoms with van der Waals surface area (Å²) < 4.78 is 10.3. The standard InChI is InChI=1S/C17H23N3O5/c1-13(16(22)20-9-11-24-12-10-20)25-15(21)7-8-18-17(23)19-14-5-3-2-4-6-14/h2-6,13H,7-12H2,1H3,(H2,18,19,23). The van der Waals surface area contributed by atoms with Crippen LogP contribution in [0.5, 0.6) is 0 Å². The molecule has 1 unspecified atom stereocenters. The summed E-state index contributed by atoms with van der Waals surface area (Å²) in [5.74, 6) is -0.763. The number of nitrogens with one attached hydrogen (secondary N) is 2. The van der Waals surface area contributed by atoms with E-state index in [0.717, 1.165) is 0 Å². The number of para-hydroxylation sites is 1. The van der Waals surface area contributed by atoms with Crippen molar-refractivity contribution in [2.24, 2.45) is 0 Å². The lowest BCUT2D eigenvalue weighted by atomic mass is 10.3. The van der Waals surface area contributed by atoms with E-state index < -0.39 is 18.1 Å². The van der Waals surface area contributed by atoms with Gasteiger partial charge in [-0.3, -0.25) is 9.59 Å². The number of hydrogen-bond donors (Lipinski definition) is 2. The number of anilines is 1. The highest BCUT2D eigenvalue weighted by molar-refractivity contribution is 5.89. The Morgan fingerprint density at radius 1 is 1.20 bits per heavy atom. The van der Waals surface area contributed by atoms with E-state index in [9.17, 15) is 14.4 Å². The molecule has 1 atom stereocenters. The number of benzene rings is 1. The molecule has 1 aromatic rings. The van der Waals surface area contributed by atoms with Crippen LogP contribution in [0.1, 0.15) is 13.3 Å². The third kappa shape index (κ3) is 6.42. The molecule has 2 N–H and O–H groups in total. The maximum absolute atomic E-state index is 12.1. The van der Waals surface area contributed by atoms with Crippen LogP contribution in [0.25, 0.3) is 0 Å². The number of morpholine rings is 1. The van der Waals surface area contributed by atoms with Gasteiger partial charge in [-0.2, -0.15) is 0 Å². The van der Waals surface area contributed by atoms with Crippen LogP contribution in [-0.4, -0.2) is 61.8 Å². The molecule has 0 bridgehead atoms. The first-order chi connectivity index (χ1) is 12.1. The Morgan fingerprint density at radius 3 is 2.56 bits per heavy atom. The van der Waals surface area contributed by atoms with Gasteiger partial charge in [0, 0.05) is 25.3 Å². The van der Waals surface area contributed by atoms with Crippen molar-refractivity contribution in [1.29, 1.82) is 0 Å². The molecule has 0 spiro atoms. The van der Waals surface area contributed by atoms with E-state index in [1.807, 2.05) is 6.07 Å². The molecule has 1 aliphatic rings. The number of carbonyl (C=O) groups excluding carboxylic acids is 3. The maximum Gasteiger partial charge on any atom is 0.319 e. The van der Waals surface area contributed by atoms with Gasteiger partial charge in [0.05, 0.1) is 19.6 Å². The summed E-state index contributed by atoms with van der Waals surface area (Å²) in [4.78, 5) is 37.2. The van der Waals surface area contributed by atoms with Crippen molar-refractivity contribution < 1.29 is 23.9 Å². The van der Waals surface area contributed by atoms with Crippen LogP contribution in [0.2, 0.25) is 0 Å². The number of hydrogen-bond acceptors (Lipinski definition) is 5. The number of rotatable bonds is 6. The van der Waals surface area contributed by atoms with Crippen molar-refractivity contribution in [3.63, 3.8) is 0 Å². The number of esters is 1. The number of nitrogens with zero attached hydrogens (tertiary/aromatic N) is 1. The minimum Gasteiger partial charge on any atom is -0.452 e. The van der Waals surface area contributed by atoms with Gasteiger partial charge in [0.1, 0.15) is 0 Å². The number of ether oxygens (including phenoxy) is 2. The lowest BCUT2D eigenvalue weighted by Gasteiger charge is -2.28. The van der Waals surface area contributed by atoms with Gasteiger partial charge in [-0.1, -0.05) is 18.2 Å². The van der Waals surface area contributed by atoms with Crippen LogP contribution in [0.3, 0.4) is 0 Å². The molecular formula is C17H23N3O5. The highest BCUT2D eigenvalue weighted by Crippen LogP contribution is 2.05. The summed E-state index contributed by atoms with van der Waals surface area (Å²) in [6.45, 7) is 3.66. The third-order valence-electron chi connectivity index (χ3n) is 3.63. The second kappa shape index (κ2) is 9.63. The zero-order chi connectivity index (χ0) is 18.1. The minimum atomic E-state index is -0.844. The second-order valence-electron chi connectivity index (χ2n) is 5.57. The van der Waals surface area contributed by atoms with E-state index in [0.29, 0.717) is 32.0 Å². The molecule has 8 heteroatoms. The van der Waals surface area contributed by atoms with Crippen molar-refractivity contribution in [3.05, 3.63) is 30.3 Å². The van der Waals surface area contributed by atoms with Gasteiger partial charge in [-0.15, -0.1) is 0 Å². The van der Waals surface area contributed by atoms with E-state index in [1.165, 1.54) is 0 Å². The lowest BCUT2D eigenvalue weighted by Crippen LogP contribution is -2.46. The fraction of sp³-hybridized carbons (Fsp3) is 0.471. The summed E-state index contributed by atoms with van der Waals surface area (Å²) in [6.07, 6.45) is -0.855. The largest absolute Gasteiger partial charge is 0.452 e. The van der Waals surface area contributed by atoms with Gasteiger partial charge >= 0.3 is 12.0 Å². The molecule has 3 amide bonds. The molecule has 0 aromatic heterocycles. The lowest BCUT2D eigenvalue weighted by molar-refractivity contribution is -0.160. The second-order valence-corrected chi connectivity index (χ2v) is 5.57. The van der Waals surface area contributed by atoms with E-state index in [-0.39, 0.29) is 18.9 Å². The molecule has 0 saturated carbocycles. The zero-order valence-electron chi connectivity index (χ0n) is 14.2. The molecule has 1 saturated heterocycles. The molecule has 2 rings (SSSR count). The van der Waals surface area contributed by atoms with Crippen molar-refractivity contribution in [2.75, 3.05) is 38.2 Å². The van der Waals surface area contributed by atoms with E-state index in [1.54, 1.807) is 36.1 Å². The molecule has 136 valence electrons. The summed E-state index contributed by atoms with van der Waals surface area (Å²) in [7, 11) is 0. The average Bonchev–Trinajstić information content (AvgIpc) is 2.62. The first-order valence-electron chi connectivity index (χ1n) is 8.22. The monoisotopic (exact) mass is 349 g/mol.